The summed E-state index contributed by atoms with van der Waals surface area (Å²) in [5.41, 5.74) is 2.36. The van der Waals surface area contributed by atoms with E-state index in [1.54, 1.807) is 0 Å². The molecule has 5 nitrogen and oxygen atoms in total. The number of aromatic nitrogens is 2. The molecule has 2 heterocycles. The van der Waals surface area contributed by atoms with E-state index in [1.165, 1.54) is 17.5 Å². The summed E-state index contributed by atoms with van der Waals surface area (Å²) in [5, 5.41) is 0. The molecule has 0 amide bonds. The molecule has 0 aromatic carbocycles. The summed E-state index contributed by atoms with van der Waals surface area (Å²) in [6.07, 6.45) is 10.0. The van der Waals surface area contributed by atoms with Crippen LogP contribution in [0, 0.1) is 0 Å². The Labute approximate surface area is 150 Å². The van der Waals surface area contributed by atoms with Crippen LogP contribution in [0.15, 0.2) is 49.1 Å². The normalized spacial score (nSPS) is 10.9. The predicted octanol–water partition coefficient (Wildman–Crippen LogP) is 2.89. The van der Waals surface area contributed by atoms with Gasteiger partial charge in [0.25, 0.3) is 0 Å². The lowest BCUT2D eigenvalue weighted by Gasteiger charge is -2.06. The predicted molar refractivity (Wildman–Crippen MR) is 97.2 cm³/mol. The lowest BCUT2D eigenvalue weighted by Crippen LogP contribution is -2.35. The van der Waals surface area contributed by atoms with Crippen molar-refractivity contribution in [1.29, 1.82) is 0 Å². The summed E-state index contributed by atoms with van der Waals surface area (Å²) in [5.74, 6) is 0. The number of nitrogens with zero attached hydrogens (tertiary/aromatic N) is 2. The molecule has 136 valence electrons. The maximum absolute atomic E-state index is 5.60. The van der Waals surface area contributed by atoms with Crippen molar-refractivity contribution in [2.75, 3.05) is 39.6 Å². The van der Waals surface area contributed by atoms with Gasteiger partial charge < -0.3 is 14.2 Å². The molecular weight excluding hydrogens is 316 g/mol. The molecule has 2 rings (SSSR count). The third kappa shape index (κ3) is 8.20. The van der Waals surface area contributed by atoms with Gasteiger partial charge in [0.15, 0.2) is 18.9 Å². The van der Waals surface area contributed by atoms with E-state index in [4.69, 9.17) is 14.2 Å². The Morgan fingerprint density at radius 1 is 0.760 bits per heavy atom. The number of unbranched alkanes of at least 4 members (excludes halogenated alkanes) is 1. The highest BCUT2D eigenvalue weighted by molar-refractivity contribution is 5.61. The first-order valence-electron chi connectivity index (χ1n) is 9.03. The van der Waals surface area contributed by atoms with Crippen molar-refractivity contribution in [2.24, 2.45) is 0 Å². The Hall–Kier alpha value is -1.82. The first-order chi connectivity index (χ1) is 12.4. The second-order valence-electron chi connectivity index (χ2n) is 5.75. The summed E-state index contributed by atoms with van der Waals surface area (Å²) in [6.45, 7) is 7.02. The van der Waals surface area contributed by atoms with E-state index in [9.17, 15) is 0 Å². The highest BCUT2D eigenvalue weighted by atomic mass is 16.5. The molecule has 0 bridgehead atoms. The summed E-state index contributed by atoms with van der Waals surface area (Å²) in [7, 11) is 0. The average Bonchev–Trinajstić information content (AvgIpc) is 2.67. The van der Waals surface area contributed by atoms with Crippen molar-refractivity contribution < 1.29 is 18.8 Å². The molecule has 0 fully saturated rings. The zero-order valence-corrected chi connectivity index (χ0v) is 15.1. The summed E-state index contributed by atoms with van der Waals surface area (Å²) < 4.78 is 18.6. The van der Waals surface area contributed by atoms with E-state index in [2.05, 4.69) is 41.0 Å². The highest BCUT2D eigenvalue weighted by Crippen LogP contribution is 2.15. The van der Waals surface area contributed by atoms with E-state index in [0.717, 1.165) is 19.6 Å². The quantitative estimate of drug-likeness (QED) is 0.414. The third-order valence-electron chi connectivity index (χ3n) is 3.78. The van der Waals surface area contributed by atoms with E-state index >= 15 is 0 Å². The average molecular weight is 345 g/mol. The van der Waals surface area contributed by atoms with Crippen LogP contribution in [0.1, 0.15) is 19.8 Å². The molecule has 0 aliphatic carbocycles. The van der Waals surface area contributed by atoms with Gasteiger partial charge in [0.05, 0.1) is 26.4 Å². The molecule has 2 aromatic rings. The minimum Gasteiger partial charge on any atom is -0.379 e. The summed E-state index contributed by atoms with van der Waals surface area (Å²) in [6, 6.07) is 8.24. The number of rotatable bonds is 13. The van der Waals surface area contributed by atoms with Crippen LogP contribution < -0.4 is 4.57 Å². The summed E-state index contributed by atoms with van der Waals surface area (Å²) >= 11 is 0. The van der Waals surface area contributed by atoms with Gasteiger partial charge in [0, 0.05) is 31.1 Å². The van der Waals surface area contributed by atoms with Crippen molar-refractivity contribution in [3.8, 4) is 11.1 Å². The standard InChI is InChI=1S/C20H29N2O3/c1-2-3-13-23-15-17-25-18-16-24-14-12-22-10-6-20(7-11-22)19-4-8-21-9-5-19/h4-11H,2-3,12-18H2,1H3/q+1. The van der Waals surface area contributed by atoms with Gasteiger partial charge in [-0.2, -0.15) is 0 Å². The topological polar surface area (TPSA) is 44.5 Å². The van der Waals surface area contributed by atoms with Crippen molar-refractivity contribution in [2.45, 2.75) is 26.3 Å². The van der Waals surface area contributed by atoms with E-state index < -0.39 is 0 Å². The molecule has 25 heavy (non-hydrogen) atoms. The fraction of sp³-hybridized carbons (Fsp3) is 0.500. The molecule has 0 unspecified atom stereocenters. The van der Waals surface area contributed by atoms with Gasteiger partial charge in [0.1, 0.15) is 6.61 Å². The number of hydrogen-bond donors (Lipinski definition) is 0. The van der Waals surface area contributed by atoms with Crippen LogP contribution in [0.2, 0.25) is 0 Å². The molecule has 0 saturated carbocycles. The molecule has 0 atom stereocenters. The Morgan fingerprint density at radius 2 is 1.32 bits per heavy atom. The van der Waals surface area contributed by atoms with Gasteiger partial charge in [0.2, 0.25) is 0 Å². The van der Waals surface area contributed by atoms with Gasteiger partial charge in [-0.15, -0.1) is 0 Å². The zero-order chi connectivity index (χ0) is 17.6. The fourth-order valence-corrected chi connectivity index (χ4v) is 2.30. The molecule has 0 aliphatic heterocycles. The zero-order valence-electron chi connectivity index (χ0n) is 15.1. The highest BCUT2D eigenvalue weighted by Gasteiger charge is 2.02. The smallest absolute Gasteiger partial charge is 0.171 e. The van der Waals surface area contributed by atoms with Crippen molar-refractivity contribution in [3.63, 3.8) is 0 Å². The Bertz CT molecular complexity index is 561. The van der Waals surface area contributed by atoms with Crippen molar-refractivity contribution in [1.82, 2.24) is 4.98 Å². The minimum atomic E-state index is 0.614. The van der Waals surface area contributed by atoms with Crippen LogP contribution in [0.4, 0.5) is 0 Å². The fourth-order valence-electron chi connectivity index (χ4n) is 2.30. The van der Waals surface area contributed by atoms with E-state index in [-0.39, 0.29) is 0 Å². The first-order valence-corrected chi connectivity index (χ1v) is 9.03. The van der Waals surface area contributed by atoms with Gasteiger partial charge in [-0.3, -0.25) is 4.98 Å². The van der Waals surface area contributed by atoms with E-state index in [0.29, 0.717) is 33.0 Å². The molecular formula is C20H29N2O3+. The lowest BCUT2D eigenvalue weighted by atomic mass is 10.1. The second-order valence-corrected chi connectivity index (χ2v) is 5.75. The van der Waals surface area contributed by atoms with Crippen LogP contribution in [-0.2, 0) is 20.8 Å². The maximum Gasteiger partial charge on any atom is 0.171 e. The minimum absolute atomic E-state index is 0.614. The van der Waals surface area contributed by atoms with Crippen LogP contribution in [0.3, 0.4) is 0 Å². The first kappa shape index (κ1) is 19.5. The molecule has 0 aliphatic rings. The lowest BCUT2D eigenvalue weighted by molar-refractivity contribution is -0.698. The van der Waals surface area contributed by atoms with Crippen LogP contribution in [0.25, 0.3) is 11.1 Å². The van der Waals surface area contributed by atoms with Gasteiger partial charge in [-0.25, -0.2) is 4.57 Å². The summed E-state index contributed by atoms with van der Waals surface area (Å²) in [4.78, 5) is 4.04. The second kappa shape index (κ2) is 12.5. The molecule has 0 radical (unpaired) electrons. The molecule has 5 heteroatoms. The van der Waals surface area contributed by atoms with Gasteiger partial charge in [-0.1, -0.05) is 13.3 Å². The Kier molecular flexibility index (Phi) is 9.77. The van der Waals surface area contributed by atoms with Crippen molar-refractivity contribution in [3.05, 3.63) is 49.1 Å². The van der Waals surface area contributed by atoms with Crippen LogP contribution in [0.5, 0.6) is 0 Å². The molecule has 2 aromatic heterocycles. The van der Waals surface area contributed by atoms with Gasteiger partial charge >= 0.3 is 0 Å². The maximum atomic E-state index is 5.60. The van der Waals surface area contributed by atoms with E-state index in [1.807, 2.05) is 24.5 Å². The van der Waals surface area contributed by atoms with Crippen molar-refractivity contribution >= 4 is 0 Å². The van der Waals surface area contributed by atoms with Crippen LogP contribution >= 0.6 is 0 Å². The molecule has 0 spiro atoms. The number of ether oxygens (including phenoxy) is 3. The molecule has 0 N–H and O–H groups in total. The Morgan fingerprint density at radius 3 is 1.96 bits per heavy atom. The largest absolute Gasteiger partial charge is 0.379 e. The van der Waals surface area contributed by atoms with Crippen LogP contribution in [-0.4, -0.2) is 44.6 Å². The molecule has 0 saturated heterocycles. The SMILES string of the molecule is CCCCOCCOCCOCC[n+]1ccc(-c2ccncc2)cc1. The Balaban J connectivity index is 1.51. The monoisotopic (exact) mass is 345 g/mol. The third-order valence-corrected chi connectivity index (χ3v) is 3.78. The number of hydrogen-bond acceptors (Lipinski definition) is 4. The number of pyridine rings is 2. The van der Waals surface area contributed by atoms with Gasteiger partial charge in [-0.05, 0) is 29.7 Å².